The van der Waals surface area contributed by atoms with Crippen LogP contribution >= 0.6 is 0 Å². The smallest absolute Gasteiger partial charge is 0.410 e. The third kappa shape index (κ3) is 4.24. The van der Waals surface area contributed by atoms with Crippen molar-refractivity contribution in [1.29, 1.82) is 0 Å². The van der Waals surface area contributed by atoms with Gasteiger partial charge in [0.05, 0.1) is 0 Å². The fraction of sp³-hybridized carbons (Fsp3) is 0.462. The molecule has 0 fully saturated rings. The highest BCUT2D eigenvalue weighted by Crippen LogP contribution is 2.35. The molecule has 1 unspecified atom stereocenters. The van der Waals surface area contributed by atoms with Gasteiger partial charge in [0.1, 0.15) is 30.3 Å². The van der Waals surface area contributed by atoms with Gasteiger partial charge in [0.2, 0.25) is 0 Å². The van der Waals surface area contributed by atoms with Crippen LogP contribution < -0.4 is 14.8 Å². The monoisotopic (exact) mass is 464 g/mol. The van der Waals surface area contributed by atoms with E-state index in [2.05, 4.69) is 23.0 Å². The number of nitrogens with one attached hydrogen (secondary N) is 1. The van der Waals surface area contributed by atoms with Crippen LogP contribution in [0.25, 0.3) is 11.0 Å². The lowest BCUT2D eigenvalue weighted by atomic mass is 9.91. The fourth-order valence-corrected chi connectivity index (χ4v) is 4.76. The summed E-state index contributed by atoms with van der Waals surface area (Å²) in [6, 6.07) is 10.0. The Morgan fingerprint density at radius 3 is 2.71 bits per heavy atom. The number of amides is 1. The van der Waals surface area contributed by atoms with Crippen molar-refractivity contribution in [3.8, 4) is 11.5 Å². The van der Waals surface area contributed by atoms with Gasteiger partial charge in [-0.05, 0) is 69.9 Å². The number of hydrogen-bond acceptors (Lipinski definition) is 6. The van der Waals surface area contributed by atoms with E-state index in [0.717, 1.165) is 53.3 Å². The van der Waals surface area contributed by atoms with Crippen molar-refractivity contribution in [1.82, 2.24) is 14.5 Å². The molecule has 0 saturated carbocycles. The van der Waals surface area contributed by atoms with Gasteiger partial charge in [-0.15, -0.1) is 0 Å². The Morgan fingerprint density at radius 1 is 1.18 bits per heavy atom. The van der Waals surface area contributed by atoms with Gasteiger partial charge in [0, 0.05) is 43.0 Å². The van der Waals surface area contributed by atoms with Crippen LogP contribution in [0.2, 0.25) is 0 Å². The van der Waals surface area contributed by atoms with E-state index in [9.17, 15) is 4.79 Å². The molecule has 5 rings (SSSR count). The van der Waals surface area contributed by atoms with Crippen molar-refractivity contribution in [2.45, 2.75) is 51.7 Å². The first kappa shape index (κ1) is 22.4. The summed E-state index contributed by atoms with van der Waals surface area (Å²) >= 11 is 0. The molecule has 1 amide bonds. The van der Waals surface area contributed by atoms with Crippen LogP contribution in [0.1, 0.15) is 38.4 Å². The summed E-state index contributed by atoms with van der Waals surface area (Å²) in [6.45, 7) is 6.81. The molecular formula is C26H32N4O4. The number of carbonyl (C=O) groups excluding carboxylic acids is 1. The van der Waals surface area contributed by atoms with E-state index in [1.807, 2.05) is 52.1 Å². The molecular weight excluding hydrogens is 432 g/mol. The zero-order chi connectivity index (χ0) is 24.0. The molecule has 1 aliphatic carbocycles. The van der Waals surface area contributed by atoms with Gasteiger partial charge in [-0.2, -0.15) is 0 Å². The molecule has 1 atom stereocenters. The number of rotatable bonds is 3. The van der Waals surface area contributed by atoms with Gasteiger partial charge >= 0.3 is 6.09 Å². The van der Waals surface area contributed by atoms with Gasteiger partial charge < -0.3 is 29.0 Å². The summed E-state index contributed by atoms with van der Waals surface area (Å²) in [5.74, 6) is 2.28. The summed E-state index contributed by atoms with van der Waals surface area (Å²) in [5.41, 5.74) is 3.88. The van der Waals surface area contributed by atoms with Gasteiger partial charge in [0.15, 0.2) is 11.5 Å². The molecule has 0 saturated heterocycles. The minimum atomic E-state index is -0.505. The van der Waals surface area contributed by atoms with Crippen molar-refractivity contribution in [3.05, 3.63) is 41.6 Å². The minimum Gasteiger partial charge on any atom is -0.486 e. The number of pyridine rings is 1. The van der Waals surface area contributed by atoms with E-state index in [4.69, 9.17) is 19.2 Å². The Balaban J connectivity index is 1.38. The highest BCUT2D eigenvalue weighted by atomic mass is 16.6. The first-order valence-electron chi connectivity index (χ1n) is 11.8. The predicted octanol–water partition coefficient (Wildman–Crippen LogP) is 4.81. The van der Waals surface area contributed by atoms with Crippen LogP contribution in [-0.4, -0.2) is 52.4 Å². The summed E-state index contributed by atoms with van der Waals surface area (Å²) in [7, 11) is 3.91. The maximum Gasteiger partial charge on any atom is 0.410 e. The first-order valence-corrected chi connectivity index (χ1v) is 11.8. The molecule has 0 bridgehead atoms. The molecule has 3 aromatic rings. The Labute approximate surface area is 199 Å². The second kappa shape index (κ2) is 8.42. The number of benzene rings is 1. The molecule has 1 aliphatic heterocycles. The summed E-state index contributed by atoms with van der Waals surface area (Å²) in [6.07, 6.45) is 2.31. The summed E-state index contributed by atoms with van der Waals surface area (Å²) in [4.78, 5) is 19.3. The Bertz CT molecular complexity index is 1240. The highest BCUT2D eigenvalue weighted by Gasteiger charge is 2.31. The third-order valence-electron chi connectivity index (χ3n) is 6.47. The molecule has 8 heteroatoms. The van der Waals surface area contributed by atoms with E-state index < -0.39 is 5.60 Å². The molecule has 1 aromatic carbocycles. The van der Waals surface area contributed by atoms with Gasteiger partial charge in [0.25, 0.3) is 0 Å². The molecule has 3 heterocycles. The zero-order valence-corrected chi connectivity index (χ0v) is 20.5. The highest BCUT2D eigenvalue weighted by molar-refractivity contribution is 5.85. The molecule has 0 spiro atoms. The number of likely N-dealkylation sites (N-methyl/N-ethyl adjacent to an activating group) is 1. The quantitative estimate of drug-likeness (QED) is 0.599. The van der Waals surface area contributed by atoms with Gasteiger partial charge in [-0.25, -0.2) is 9.78 Å². The predicted molar refractivity (Wildman–Crippen MR) is 131 cm³/mol. The van der Waals surface area contributed by atoms with E-state index in [1.165, 1.54) is 11.3 Å². The van der Waals surface area contributed by atoms with Gasteiger partial charge in [-0.1, -0.05) is 0 Å². The number of aryl methyl sites for hydroxylation is 1. The lowest BCUT2D eigenvalue weighted by molar-refractivity contribution is 0.0210. The number of aromatic nitrogens is 2. The van der Waals surface area contributed by atoms with Crippen molar-refractivity contribution in [2.24, 2.45) is 7.05 Å². The maximum atomic E-state index is 12.6. The molecule has 1 N–H and O–H groups in total. The molecule has 0 radical (unpaired) electrons. The zero-order valence-electron chi connectivity index (χ0n) is 20.5. The van der Waals surface area contributed by atoms with Crippen molar-refractivity contribution in [2.75, 3.05) is 25.6 Å². The minimum absolute atomic E-state index is 0.100. The number of carbonyl (C=O) groups is 1. The van der Waals surface area contributed by atoms with Crippen molar-refractivity contribution in [3.63, 3.8) is 0 Å². The number of fused-ring (bicyclic) bond motifs is 4. The second-order valence-corrected chi connectivity index (χ2v) is 10.0. The van der Waals surface area contributed by atoms with Crippen LogP contribution in [0.4, 0.5) is 16.3 Å². The van der Waals surface area contributed by atoms with Crippen LogP contribution in [0.15, 0.2) is 30.3 Å². The maximum absolute atomic E-state index is 12.6. The van der Waals surface area contributed by atoms with Crippen LogP contribution in [0.5, 0.6) is 11.5 Å². The van der Waals surface area contributed by atoms with Crippen molar-refractivity contribution < 1.29 is 19.0 Å². The Hall–Kier alpha value is -3.42. The van der Waals surface area contributed by atoms with E-state index >= 15 is 0 Å². The number of anilines is 2. The van der Waals surface area contributed by atoms with Crippen LogP contribution in [0, 0.1) is 0 Å². The van der Waals surface area contributed by atoms with Crippen LogP contribution in [0.3, 0.4) is 0 Å². The number of hydrogen-bond donors (Lipinski definition) is 1. The standard InChI is InChI=1S/C26H32N4O4/c1-26(2,3)34-25(31)29(4)17-7-9-20-19(15-17)18-8-11-23(28-24(18)30(20)5)27-16-6-10-21-22(14-16)33-13-12-32-21/h6,8,10-11,14,17H,7,9,12-13,15H2,1-5H3,(H,27,28). The number of nitrogens with zero attached hydrogens (tertiary/aromatic N) is 3. The average Bonchev–Trinajstić information content (AvgIpc) is 3.08. The second-order valence-electron chi connectivity index (χ2n) is 10.0. The van der Waals surface area contributed by atoms with Crippen molar-refractivity contribution >= 4 is 28.6 Å². The molecule has 180 valence electrons. The lowest BCUT2D eigenvalue weighted by Crippen LogP contribution is -2.43. The van der Waals surface area contributed by atoms with E-state index in [1.54, 1.807) is 4.90 Å². The first-order chi connectivity index (χ1) is 16.2. The topological polar surface area (TPSA) is 77.8 Å². The number of ether oxygens (including phenoxy) is 3. The third-order valence-corrected chi connectivity index (χ3v) is 6.47. The van der Waals surface area contributed by atoms with E-state index in [-0.39, 0.29) is 12.1 Å². The molecule has 2 aromatic heterocycles. The Kier molecular flexibility index (Phi) is 5.54. The summed E-state index contributed by atoms with van der Waals surface area (Å²) < 4.78 is 19.1. The summed E-state index contributed by atoms with van der Waals surface area (Å²) in [5, 5.41) is 4.52. The molecule has 8 nitrogen and oxygen atoms in total. The average molecular weight is 465 g/mol. The fourth-order valence-electron chi connectivity index (χ4n) is 4.76. The van der Waals surface area contributed by atoms with Crippen LogP contribution in [-0.2, 0) is 24.6 Å². The molecule has 2 aliphatic rings. The SMILES string of the molecule is CN(C(=O)OC(C)(C)C)C1CCc2c(c3ccc(Nc4ccc5c(c4)OCCO5)nc3n2C)C1. The van der Waals surface area contributed by atoms with Gasteiger partial charge in [-0.3, -0.25) is 0 Å². The largest absolute Gasteiger partial charge is 0.486 e. The Morgan fingerprint density at radius 2 is 1.94 bits per heavy atom. The lowest BCUT2D eigenvalue weighted by Gasteiger charge is -2.33. The molecule has 34 heavy (non-hydrogen) atoms. The van der Waals surface area contributed by atoms with E-state index in [0.29, 0.717) is 13.2 Å². The normalized spacial score (nSPS) is 17.3.